The van der Waals surface area contributed by atoms with Crippen LogP contribution in [0.25, 0.3) is 5.65 Å². The molecule has 1 fully saturated rings. The molecule has 5 nitrogen and oxygen atoms in total. The van der Waals surface area contributed by atoms with E-state index in [1.807, 2.05) is 10.6 Å². The van der Waals surface area contributed by atoms with Gasteiger partial charge in [0.15, 0.2) is 5.65 Å². The van der Waals surface area contributed by atoms with Crippen LogP contribution in [0.15, 0.2) is 42.5 Å². The smallest absolute Gasteiger partial charge is 0.240 e. The largest absolute Gasteiger partial charge is 0.370 e. The number of piperidine rings is 1. The number of nitrogen functional groups attached to an aromatic ring is 1. The quantitative estimate of drug-likeness (QED) is 0.805. The highest BCUT2D eigenvalue weighted by Crippen LogP contribution is 2.28. The number of benzene rings is 1. The molecule has 0 aliphatic carbocycles. The molecule has 0 spiro atoms. The van der Waals surface area contributed by atoms with E-state index in [-0.39, 0.29) is 0 Å². The fourth-order valence-corrected chi connectivity index (χ4v) is 3.74. The Kier molecular flexibility index (Phi) is 3.84. The van der Waals surface area contributed by atoms with E-state index < -0.39 is 0 Å². The van der Waals surface area contributed by atoms with Gasteiger partial charge in [-0.3, -0.25) is 0 Å². The first-order chi connectivity index (χ1) is 11.7. The van der Waals surface area contributed by atoms with Gasteiger partial charge in [-0.25, -0.2) is 4.52 Å². The second-order valence-electron chi connectivity index (χ2n) is 6.66. The number of hydrogen-bond acceptors (Lipinski definition) is 4. The van der Waals surface area contributed by atoms with Crippen molar-refractivity contribution in [3.05, 3.63) is 53.7 Å². The zero-order valence-electron chi connectivity index (χ0n) is 14.0. The molecule has 0 radical (unpaired) electrons. The average molecular weight is 321 g/mol. The Hall–Kier alpha value is -2.56. The van der Waals surface area contributed by atoms with Crippen LogP contribution in [0.5, 0.6) is 0 Å². The molecule has 0 bridgehead atoms. The van der Waals surface area contributed by atoms with E-state index in [0.29, 0.717) is 5.95 Å². The Balaban J connectivity index is 1.47. The molecule has 5 heteroatoms. The molecule has 24 heavy (non-hydrogen) atoms. The third-order valence-corrected chi connectivity index (χ3v) is 5.05. The fraction of sp³-hybridized carbons (Fsp3) is 0.368. The van der Waals surface area contributed by atoms with Gasteiger partial charge in [-0.15, -0.1) is 5.10 Å². The molecule has 2 N–H and O–H groups in total. The van der Waals surface area contributed by atoms with Gasteiger partial charge in [-0.2, -0.15) is 4.98 Å². The number of anilines is 2. The predicted molar refractivity (Wildman–Crippen MR) is 97.2 cm³/mol. The number of fused-ring (bicyclic) bond motifs is 1. The minimum atomic E-state index is 0.330. The summed E-state index contributed by atoms with van der Waals surface area (Å²) in [6.45, 7) is 4.27. The van der Waals surface area contributed by atoms with E-state index in [1.165, 1.54) is 30.5 Å². The average Bonchev–Trinajstić information content (AvgIpc) is 2.99. The van der Waals surface area contributed by atoms with E-state index in [2.05, 4.69) is 58.3 Å². The summed E-state index contributed by atoms with van der Waals surface area (Å²) in [5.74, 6) is 1.10. The van der Waals surface area contributed by atoms with Gasteiger partial charge in [0.25, 0.3) is 0 Å². The SMILES string of the molecule is Cc1c(N2CCC(Cc3ccccc3)CC2)ccc2nc(N)nn12. The predicted octanol–water partition coefficient (Wildman–Crippen LogP) is 3.08. The second kappa shape index (κ2) is 6.15. The molecular weight excluding hydrogens is 298 g/mol. The van der Waals surface area contributed by atoms with Gasteiger partial charge in [0.2, 0.25) is 5.95 Å². The molecule has 0 saturated carbocycles. The standard InChI is InChI=1S/C19H23N5/c1-14-17(7-8-18-21-19(20)22-24(14)18)23-11-9-16(10-12-23)13-15-5-3-2-4-6-15/h2-8,16H,9-13H2,1H3,(H2,20,22). The lowest BCUT2D eigenvalue weighted by Gasteiger charge is -2.34. The summed E-state index contributed by atoms with van der Waals surface area (Å²) in [5.41, 5.74) is 10.3. The third kappa shape index (κ3) is 2.82. The van der Waals surface area contributed by atoms with Crippen LogP contribution in [0.3, 0.4) is 0 Å². The maximum atomic E-state index is 5.72. The highest BCUT2D eigenvalue weighted by molar-refractivity contribution is 5.57. The lowest BCUT2D eigenvalue weighted by Crippen LogP contribution is -2.35. The number of nitrogens with zero attached hydrogens (tertiary/aromatic N) is 4. The molecule has 0 atom stereocenters. The fourth-order valence-electron chi connectivity index (χ4n) is 3.74. The molecule has 0 unspecified atom stereocenters. The van der Waals surface area contributed by atoms with Gasteiger partial charge < -0.3 is 10.6 Å². The molecule has 3 aromatic rings. The van der Waals surface area contributed by atoms with Crippen molar-refractivity contribution in [2.24, 2.45) is 5.92 Å². The van der Waals surface area contributed by atoms with Crippen molar-refractivity contribution in [1.29, 1.82) is 0 Å². The summed E-state index contributed by atoms with van der Waals surface area (Å²) in [7, 11) is 0. The monoisotopic (exact) mass is 321 g/mol. The highest BCUT2D eigenvalue weighted by Gasteiger charge is 2.21. The second-order valence-corrected chi connectivity index (χ2v) is 6.66. The Bertz CT molecular complexity index is 832. The molecule has 1 aliphatic heterocycles. The highest BCUT2D eigenvalue weighted by atomic mass is 15.3. The topological polar surface area (TPSA) is 59.5 Å². The van der Waals surface area contributed by atoms with Crippen molar-refractivity contribution >= 4 is 17.3 Å². The van der Waals surface area contributed by atoms with E-state index >= 15 is 0 Å². The van der Waals surface area contributed by atoms with Gasteiger partial charge in [0, 0.05) is 13.1 Å². The van der Waals surface area contributed by atoms with Gasteiger partial charge in [0.05, 0.1) is 11.4 Å². The summed E-state index contributed by atoms with van der Waals surface area (Å²) in [4.78, 5) is 6.70. The zero-order valence-corrected chi connectivity index (χ0v) is 14.0. The molecule has 1 saturated heterocycles. The van der Waals surface area contributed by atoms with Crippen LogP contribution >= 0.6 is 0 Å². The van der Waals surface area contributed by atoms with Crippen molar-refractivity contribution in [2.45, 2.75) is 26.2 Å². The van der Waals surface area contributed by atoms with E-state index in [0.717, 1.165) is 30.3 Å². The maximum absolute atomic E-state index is 5.72. The van der Waals surface area contributed by atoms with Crippen LogP contribution in [0.1, 0.15) is 24.1 Å². The lowest BCUT2D eigenvalue weighted by molar-refractivity contribution is 0.403. The number of pyridine rings is 1. The van der Waals surface area contributed by atoms with Crippen LogP contribution in [0.2, 0.25) is 0 Å². The summed E-state index contributed by atoms with van der Waals surface area (Å²) in [6, 6.07) is 15.0. The van der Waals surface area contributed by atoms with E-state index in [4.69, 9.17) is 5.73 Å². The Morgan fingerprint density at radius 2 is 1.83 bits per heavy atom. The van der Waals surface area contributed by atoms with E-state index in [1.54, 1.807) is 0 Å². The molecule has 3 heterocycles. The number of nitrogens with two attached hydrogens (primary N) is 1. The van der Waals surface area contributed by atoms with Gasteiger partial charge in [-0.05, 0) is 49.8 Å². The number of aromatic nitrogens is 3. The Morgan fingerprint density at radius 1 is 1.08 bits per heavy atom. The lowest BCUT2D eigenvalue weighted by atomic mass is 9.90. The summed E-state index contributed by atoms with van der Waals surface area (Å²) in [6.07, 6.45) is 3.64. The third-order valence-electron chi connectivity index (χ3n) is 5.05. The minimum absolute atomic E-state index is 0.330. The van der Waals surface area contributed by atoms with Crippen LogP contribution in [0.4, 0.5) is 11.6 Å². The van der Waals surface area contributed by atoms with E-state index in [9.17, 15) is 0 Å². The first-order valence-electron chi connectivity index (χ1n) is 8.61. The molecule has 4 rings (SSSR count). The van der Waals surface area contributed by atoms with Crippen molar-refractivity contribution in [3.8, 4) is 0 Å². The Labute approximate surface area is 142 Å². The van der Waals surface area contributed by atoms with Gasteiger partial charge in [0.1, 0.15) is 0 Å². The van der Waals surface area contributed by atoms with Crippen LogP contribution in [-0.2, 0) is 6.42 Å². The van der Waals surface area contributed by atoms with Crippen LogP contribution in [0, 0.1) is 12.8 Å². The number of rotatable bonds is 3. The summed E-state index contributed by atoms with van der Waals surface area (Å²) >= 11 is 0. The first kappa shape index (κ1) is 15.0. The number of aryl methyl sites for hydroxylation is 1. The molecule has 2 aromatic heterocycles. The molecule has 124 valence electrons. The normalized spacial score (nSPS) is 16.0. The van der Waals surface area contributed by atoms with Gasteiger partial charge in [-0.1, -0.05) is 30.3 Å². The maximum Gasteiger partial charge on any atom is 0.240 e. The molecule has 1 aromatic carbocycles. The minimum Gasteiger partial charge on any atom is -0.370 e. The van der Waals surface area contributed by atoms with Crippen molar-refractivity contribution in [3.63, 3.8) is 0 Å². The number of hydrogen-bond donors (Lipinski definition) is 1. The summed E-state index contributed by atoms with van der Waals surface area (Å²) < 4.78 is 1.85. The molecule has 1 aliphatic rings. The van der Waals surface area contributed by atoms with Crippen molar-refractivity contribution in [2.75, 3.05) is 23.7 Å². The van der Waals surface area contributed by atoms with Crippen LogP contribution in [-0.4, -0.2) is 27.7 Å². The van der Waals surface area contributed by atoms with Crippen molar-refractivity contribution in [1.82, 2.24) is 14.6 Å². The van der Waals surface area contributed by atoms with Gasteiger partial charge >= 0.3 is 0 Å². The van der Waals surface area contributed by atoms with Crippen LogP contribution < -0.4 is 10.6 Å². The summed E-state index contributed by atoms with van der Waals surface area (Å²) in [5, 5.41) is 4.30. The zero-order chi connectivity index (χ0) is 16.5. The first-order valence-corrected chi connectivity index (χ1v) is 8.61. The molecular formula is C19H23N5. The van der Waals surface area contributed by atoms with Crippen molar-refractivity contribution < 1.29 is 0 Å². The molecule has 0 amide bonds. The Morgan fingerprint density at radius 3 is 2.58 bits per heavy atom.